The largest absolute Gasteiger partial charge is 0.491 e. The Labute approximate surface area is 139 Å². The topological polar surface area (TPSA) is 39.1 Å². The Kier molecular flexibility index (Phi) is 6.22. The SMILES string of the molecule is Cc1cc(C)n(CCCN[C@H](C)COc2c(C)cccc2C)n1. The summed E-state index contributed by atoms with van der Waals surface area (Å²) in [5, 5.41) is 8.01. The van der Waals surface area contributed by atoms with Crippen LogP contribution >= 0.6 is 0 Å². The molecule has 1 heterocycles. The summed E-state index contributed by atoms with van der Waals surface area (Å²) < 4.78 is 8.07. The van der Waals surface area contributed by atoms with Crippen LogP contribution < -0.4 is 10.1 Å². The van der Waals surface area contributed by atoms with Crippen molar-refractivity contribution in [2.45, 2.75) is 53.6 Å². The molecule has 0 bridgehead atoms. The number of ether oxygens (including phenoxy) is 1. The molecule has 0 spiro atoms. The van der Waals surface area contributed by atoms with Gasteiger partial charge in [-0.3, -0.25) is 4.68 Å². The maximum absolute atomic E-state index is 5.99. The van der Waals surface area contributed by atoms with E-state index in [1.165, 1.54) is 16.8 Å². The molecule has 0 unspecified atom stereocenters. The predicted octanol–water partition coefficient (Wildman–Crippen LogP) is 3.56. The molecular formula is C19H29N3O. The van der Waals surface area contributed by atoms with E-state index in [0.29, 0.717) is 12.6 Å². The molecule has 0 aliphatic rings. The van der Waals surface area contributed by atoms with Crippen LogP contribution in [0.2, 0.25) is 0 Å². The van der Waals surface area contributed by atoms with Crippen molar-refractivity contribution >= 4 is 0 Å². The van der Waals surface area contributed by atoms with Crippen LogP contribution in [-0.2, 0) is 6.54 Å². The van der Waals surface area contributed by atoms with Crippen LogP contribution in [0.15, 0.2) is 24.3 Å². The molecule has 0 fully saturated rings. The molecule has 2 rings (SSSR count). The maximum atomic E-state index is 5.99. The molecule has 0 radical (unpaired) electrons. The van der Waals surface area contributed by atoms with Crippen LogP contribution in [0.3, 0.4) is 0 Å². The minimum absolute atomic E-state index is 0.328. The molecule has 0 aliphatic heterocycles. The number of nitrogens with zero attached hydrogens (tertiary/aromatic N) is 2. The van der Waals surface area contributed by atoms with Gasteiger partial charge in [0.15, 0.2) is 0 Å². The fraction of sp³-hybridized carbons (Fsp3) is 0.526. The van der Waals surface area contributed by atoms with Crippen molar-refractivity contribution in [1.82, 2.24) is 15.1 Å². The highest BCUT2D eigenvalue weighted by Crippen LogP contribution is 2.22. The van der Waals surface area contributed by atoms with E-state index in [4.69, 9.17) is 4.74 Å². The summed E-state index contributed by atoms with van der Waals surface area (Å²) in [5.41, 5.74) is 4.71. The van der Waals surface area contributed by atoms with Crippen molar-refractivity contribution in [2.75, 3.05) is 13.2 Å². The lowest BCUT2D eigenvalue weighted by Crippen LogP contribution is -2.33. The van der Waals surface area contributed by atoms with Crippen LogP contribution in [0.1, 0.15) is 35.9 Å². The van der Waals surface area contributed by atoms with Crippen molar-refractivity contribution in [3.8, 4) is 5.75 Å². The first-order valence-electron chi connectivity index (χ1n) is 8.41. The molecule has 23 heavy (non-hydrogen) atoms. The highest BCUT2D eigenvalue weighted by Gasteiger charge is 2.07. The van der Waals surface area contributed by atoms with Crippen molar-refractivity contribution in [2.24, 2.45) is 0 Å². The summed E-state index contributed by atoms with van der Waals surface area (Å²) in [7, 11) is 0. The first-order chi connectivity index (χ1) is 11.0. The van der Waals surface area contributed by atoms with Crippen molar-refractivity contribution < 1.29 is 4.74 Å². The van der Waals surface area contributed by atoms with Gasteiger partial charge in [-0.1, -0.05) is 18.2 Å². The Morgan fingerprint density at radius 3 is 2.48 bits per heavy atom. The summed E-state index contributed by atoms with van der Waals surface area (Å²) in [6.07, 6.45) is 1.07. The maximum Gasteiger partial charge on any atom is 0.125 e. The molecule has 2 aromatic rings. The van der Waals surface area contributed by atoms with E-state index < -0.39 is 0 Å². The molecule has 1 aromatic heterocycles. The van der Waals surface area contributed by atoms with Gasteiger partial charge in [0.05, 0.1) is 5.69 Å². The van der Waals surface area contributed by atoms with Gasteiger partial charge < -0.3 is 10.1 Å². The third kappa shape index (κ3) is 5.10. The average molecular weight is 315 g/mol. The van der Waals surface area contributed by atoms with Crippen molar-refractivity contribution in [3.63, 3.8) is 0 Å². The lowest BCUT2D eigenvalue weighted by atomic mass is 10.1. The molecule has 0 saturated carbocycles. The Hall–Kier alpha value is -1.81. The van der Waals surface area contributed by atoms with Crippen molar-refractivity contribution in [1.29, 1.82) is 0 Å². The molecule has 0 saturated heterocycles. The fourth-order valence-electron chi connectivity index (χ4n) is 2.77. The smallest absolute Gasteiger partial charge is 0.125 e. The van der Waals surface area contributed by atoms with E-state index in [0.717, 1.165) is 31.0 Å². The molecule has 4 heteroatoms. The molecule has 1 atom stereocenters. The normalized spacial score (nSPS) is 12.4. The van der Waals surface area contributed by atoms with Gasteiger partial charge >= 0.3 is 0 Å². The fourth-order valence-corrected chi connectivity index (χ4v) is 2.77. The number of nitrogens with one attached hydrogen (secondary N) is 1. The number of aromatic nitrogens is 2. The Morgan fingerprint density at radius 2 is 1.87 bits per heavy atom. The third-order valence-electron chi connectivity index (χ3n) is 4.03. The number of hydrogen-bond donors (Lipinski definition) is 1. The second kappa shape index (κ2) is 8.16. The van der Waals surface area contributed by atoms with Gasteiger partial charge in [-0.05, 0) is 64.8 Å². The van der Waals surface area contributed by atoms with Gasteiger partial charge in [0.1, 0.15) is 12.4 Å². The number of benzene rings is 1. The van der Waals surface area contributed by atoms with Crippen LogP contribution in [-0.4, -0.2) is 29.0 Å². The van der Waals surface area contributed by atoms with E-state index in [2.05, 4.69) is 67.1 Å². The van der Waals surface area contributed by atoms with Gasteiger partial charge in [-0.15, -0.1) is 0 Å². The van der Waals surface area contributed by atoms with E-state index in [1.807, 2.05) is 6.92 Å². The minimum atomic E-state index is 0.328. The molecule has 1 aromatic carbocycles. The zero-order chi connectivity index (χ0) is 16.8. The predicted molar refractivity (Wildman–Crippen MR) is 95.2 cm³/mol. The summed E-state index contributed by atoms with van der Waals surface area (Å²) in [6, 6.07) is 8.70. The molecule has 1 N–H and O–H groups in total. The lowest BCUT2D eigenvalue weighted by Gasteiger charge is -2.17. The summed E-state index contributed by atoms with van der Waals surface area (Å²) >= 11 is 0. The Bertz CT molecular complexity index is 613. The summed E-state index contributed by atoms with van der Waals surface area (Å²) in [4.78, 5) is 0. The second-order valence-corrected chi connectivity index (χ2v) is 6.39. The molecular weight excluding hydrogens is 286 g/mol. The number of rotatable bonds is 8. The first kappa shape index (κ1) is 17.5. The zero-order valence-electron chi connectivity index (χ0n) is 15.0. The minimum Gasteiger partial charge on any atom is -0.491 e. The van der Waals surface area contributed by atoms with E-state index in [1.54, 1.807) is 0 Å². The molecule has 4 nitrogen and oxygen atoms in total. The van der Waals surface area contributed by atoms with E-state index >= 15 is 0 Å². The quantitative estimate of drug-likeness (QED) is 0.757. The van der Waals surface area contributed by atoms with E-state index in [9.17, 15) is 0 Å². The van der Waals surface area contributed by atoms with Gasteiger partial charge in [0.2, 0.25) is 0 Å². The highest BCUT2D eigenvalue weighted by atomic mass is 16.5. The first-order valence-corrected chi connectivity index (χ1v) is 8.41. The van der Waals surface area contributed by atoms with E-state index in [-0.39, 0.29) is 0 Å². The second-order valence-electron chi connectivity index (χ2n) is 6.39. The standard InChI is InChI=1S/C19H29N3O/c1-14-8-6-9-15(2)19(14)23-13-17(4)20-10-7-11-22-18(5)12-16(3)21-22/h6,8-9,12,17,20H,7,10-11,13H2,1-5H3/t17-/m1/s1. The van der Waals surface area contributed by atoms with Crippen LogP contribution in [0.25, 0.3) is 0 Å². The van der Waals surface area contributed by atoms with Crippen LogP contribution in [0.5, 0.6) is 5.75 Å². The van der Waals surface area contributed by atoms with Gasteiger partial charge in [-0.2, -0.15) is 5.10 Å². The number of hydrogen-bond acceptors (Lipinski definition) is 3. The van der Waals surface area contributed by atoms with Crippen molar-refractivity contribution in [3.05, 3.63) is 46.8 Å². The van der Waals surface area contributed by atoms with Gasteiger partial charge in [0, 0.05) is 18.3 Å². The number of aryl methyl sites for hydroxylation is 5. The third-order valence-corrected chi connectivity index (χ3v) is 4.03. The highest BCUT2D eigenvalue weighted by molar-refractivity contribution is 5.39. The Morgan fingerprint density at radius 1 is 1.17 bits per heavy atom. The molecule has 0 aliphatic carbocycles. The molecule has 126 valence electrons. The summed E-state index contributed by atoms with van der Waals surface area (Å²) in [5.74, 6) is 1.02. The Balaban J connectivity index is 1.69. The monoisotopic (exact) mass is 315 g/mol. The molecule has 0 amide bonds. The number of para-hydroxylation sites is 1. The summed E-state index contributed by atoms with van der Waals surface area (Å²) in [6.45, 7) is 13.1. The lowest BCUT2D eigenvalue weighted by molar-refractivity contribution is 0.269. The van der Waals surface area contributed by atoms with Gasteiger partial charge in [-0.25, -0.2) is 0 Å². The van der Waals surface area contributed by atoms with Gasteiger partial charge in [0.25, 0.3) is 0 Å². The van der Waals surface area contributed by atoms with Crippen LogP contribution in [0, 0.1) is 27.7 Å². The zero-order valence-corrected chi connectivity index (χ0v) is 15.0. The average Bonchev–Trinajstić information content (AvgIpc) is 2.81. The van der Waals surface area contributed by atoms with Crippen LogP contribution in [0.4, 0.5) is 0 Å².